The summed E-state index contributed by atoms with van der Waals surface area (Å²) in [5.74, 6) is -1.47. The minimum Gasteiger partial charge on any atom is -0.350 e. The van der Waals surface area contributed by atoms with Crippen LogP contribution in [0.3, 0.4) is 0 Å². The van der Waals surface area contributed by atoms with E-state index in [9.17, 15) is 18.8 Å². The van der Waals surface area contributed by atoms with Gasteiger partial charge in [-0.15, -0.1) is 0 Å². The lowest BCUT2D eigenvalue weighted by Crippen LogP contribution is -2.45. The van der Waals surface area contributed by atoms with E-state index in [1.54, 1.807) is 6.92 Å². The average molecular weight is 393 g/mol. The standard InChI is InChI=1S/C20H25F2N3O3/c1-12-9-20(12,22)18(28)23-10-19(21)6-7-25(11-19)17(27)14-8-16(26)24-15-5-3-2-4-13(14)15/h8,12H,2-7,9-11H2,1H3,(H,23,28)(H,24,26)/t12-,19?,20+/m1/s1. The molecule has 3 aliphatic rings. The van der Waals surface area contributed by atoms with Crippen LogP contribution < -0.4 is 10.9 Å². The number of hydrogen-bond donors (Lipinski definition) is 2. The lowest BCUT2D eigenvalue weighted by Gasteiger charge is -2.24. The van der Waals surface area contributed by atoms with E-state index in [4.69, 9.17) is 0 Å². The molecule has 1 saturated carbocycles. The predicted octanol–water partition coefficient (Wildman–Crippen LogP) is 1.67. The maximum atomic E-state index is 15.1. The molecule has 1 aromatic heterocycles. The van der Waals surface area contributed by atoms with Crippen molar-refractivity contribution in [3.8, 4) is 0 Å². The van der Waals surface area contributed by atoms with Gasteiger partial charge in [-0.05, 0) is 37.7 Å². The number of nitrogens with zero attached hydrogens (tertiary/aromatic N) is 1. The summed E-state index contributed by atoms with van der Waals surface area (Å²) in [7, 11) is 0. The summed E-state index contributed by atoms with van der Waals surface area (Å²) in [6.45, 7) is 1.34. The smallest absolute Gasteiger partial charge is 0.258 e. The highest BCUT2D eigenvalue weighted by Crippen LogP contribution is 2.47. The largest absolute Gasteiger partial charge is 0.350 e. The van der Waals surface area contributed by atoms with Gasteiger partial charge in [0.05, 0.1) is 13.1 Å². The number of halogens is 2. The summed E-state index contributed by atoms with van der Waals surface area (Å²) in [6, 6.07) is 1.30. The summed E-state index contributed by atoms with van der Waals surface area (Å²) in [4.78, 5) is 41.0. The number of alkyl halides is 2. The van der Waals surface area contributed by atoms with Crippen LogP contribution in [0.5, 0.6) is 0 Å². The molecule has 2 fully saturated rings. The molecule has 2 heterocycles. The quantitative estimate of drug-likeness (QED) is 0.817. The topological polar surface area (TPSA) is 82.3 Å². The molecule has 1 aliphatic heterocycles. The van der Waals surface area contributed by atoms with Gasteiger partial charge in [-0.1, -0.05) is 6.92 Å². The number of H-pyrrole nitrogens is 1. The molecule has 6 nitrogen and oxygen atoms in total. The summed E-state index contributed by atoms with van der Waals surface area (Å²) in [5, 5.41) is 2.37. The van der Waals surface area contributed by atoms with Crippen molar-refractivity contribution in [1.29, 1.82) is 0 Å². The number of hydrogen-bond acceptors (Lipinski definition) is 3. The normalized spacial score (nSPS) is 31.4. The number of aryl methyl sites for hydroxylation is 1. The Labute approximate surface area is 161 Å². The van der Waals surface area contributed by atoms with Gasteiger partial charge in [0, 0.05) is 36.2 Å². The van der Waals surface area contributed by atoms with Crippen LogP contribution in [0.2, 0.25) is 0 Å². The molecule has 28 heavy (non-hydrogen) atoms. The first-order chi connectivity index (χ1) is 13.2. The second kappa shape index (κ2) is 6.67. The Kier molecular flexibility index (Phi) is 4.55. The molecule has 1 aromatic rings. The predicted molar refractivity (Wildman–Crippen MR) is 98.7 cm³/mol. The number of amides is 2. The zero-order chi connectivity index (χ0) is 20.1. The monoisotopic (exact) mass is 393 g/mol. The number of fused-ring (bicyclic) bond motifs is 1. The number of carbonyl (C=O) groups excluding carboxylic acids is 2. The Morgan fingerprint density at radius 3 is 2.75 bits per heavy atom. The Morgan fingerprint density at radius 1 is 1.32 bits per heavy atom. The van der Waals surface area contributed by atoms with E-state index < -0.39 is 17.2 Å². The zero-order valence-corrected chi connectivity index (χ0v) is 15.9. The van der Waals surface area contributed by atoms with Gasteiger partial charge in [0.2, 0.25) is 5.56 Å². The number of likely N-dealkylation sites (tertiary alicyclic amines) is 1. The van der Waals surface area contributed by atoms with Gasteiger partial charge in [-0.3, -0.25) is 14.4 Å². The van der Waals surface area contributed by atoms with E-state index in [1.165, 1.54) is 11.0 Å². The van der Waals surface area contributed by atoms with Gasteiger partial charge < -0.3 is 15.2 Å². The zero-order valence-electron chi connectivity index (χ0n) is 15.9. The molecule has 0 spiro atoms. The van der Waals surface area contributed by atoms with Crippen molar-refractivity contribution in [2.45, 2.75) is 56.8 Å². The van der Waals surface area contributed by atoms with Gasteiger partial charge in [-0.2, -0.15) is 0 Å². The molecule has 1 unspecified atom stereocenters. The average Bonchev–Trinajstić information content (AvgIpc) is 3.10. The first-order valence-electron chi connectivity index (χ1n) is 9.92. The van der Waals surface area contributed by atoms with Crippen LogP contribution >= 0.6 is 0 Å². The highest BCUT2D eigenvalue weighted by atomic mass is 19.1. The molecule has 2 aliphatic carbocycles. The Morgan fingerprint density at radius 2 is 2.04 bits per heavy atom. The van der Waals surface area contributed by atoms with Gasteiger partial charge in [-0.25, -0.2) is 8.78 Å². The van der Waals surface area contributed by atoms with Crippen molar-refractivity contribution in [1.82, 2.24) is 15.2 Å². The fourth-order valence-electron chi connectivity index (χ4n) is 4.35. The van der Waals surface area contributed by atoms with Crippen LogP contribution in [0.1, 0.15) is 54.2 Å². The molecule has 4 rings (SSSR count). The van der Waals surface area contributed by atoms with Crippen molar-refractivity contribution in [2.24, 2.45) is 5.92 Å². The van der Waals surface area contributed by atoms with Crippen LogP contribution in [-0.2, 0) is 17.6 Å². The van der Waals surface area contributed by atoms with E-state index in [-0.39, 0.29) is 49.9 Å². The number of pyridine rings is 1. The van der Waals surface area contributed by atoms with Crippen molar-refractivity contribution in [3.63, 3.8) is 0 Å². The van der Waals surface area contributed by atoms with E-state index in [2.05, 4.69) is 10.3 Å². The SMILES string of the molecule is C[C@@H]1C[C@@]1(F)C(=O)NCC1(F)CCN(C(=O)c2cc(=O)[nH]c3c2CCCC3)C1. The van der Waals surface area contributed by atoms with Gasteiger partial charge >= 0.3 is 0 Å². The lowest BCUT2D eigenvalue weighted by atomic mass is 9.92. The van der Waals surface area contributed by atoms with Crippen LogP contribution in [0.4, 0.5) is 8.78 Å². The molecule has 2 N–H and O–H groups in total. The van der Waals surface area contributed by atoms with E-state index in [0.717, 1.165) is 30.5 Å². The van der Waals surface area contributed by atoms with Crippen molar-refractivity contribution in [2.75, 3.05) is 19.6 Å². The summed E-state index contributed by atoms with van der Waals surface area (Å²) >= 11 is 0. The molecular weight excluding hydrogens is 368 g/mol. The molecule has 3 atom stereocenters. The molecule has 8 heteroatoms. The number of carbonyl (C=O) groups is 2. The van der Waals surface area contributed by atoms with Crippen molar-refractivity contribution in [3.05, 3.63) is 33.2 Å². The van der Waals surface area contributed by atoms with Crippen LogP contribution in [0.15, 0.2) is 10.9 Å². The van der Waals surface area contributed by atoms with Crippen LogP contribution in [-0.4, -0.2) is 52.7 Å². The minimum absolute atomic E-state index is 0.0687. The Bertz CT molecular complexity index is 886. The van der Waals surface area contributed by atoms with Crippen LogP contribution in [0, 0.1) is 5.92 Å². The number of aromatic nitrogens is 1. The molecule has 152 valence electrons. The fraction of sp³-hybridized carbons (Fsp3) is 0.650. The third-order valence-electron chi connectivity index (χ3n) is 6.33. The van der Waals surface area contributed by atoms with Gasteiger partial charge in [0.1, 0.15) is 5.67 Å². The minimum atomic E-state index is -1.88. The summed E-state index contributed by atoms with van der Waals surface area (Å²) in [6.07, 6.45) is 3.59. The van der Waals surface area contributed by atoms with Crippen molar-refractivity contribution < 1.29 is 18.4 Å². The fourth-order valence-corrected chi connectivity index (χ4v) is 4.35. The highest BCUT2D eigenvalue weighted by Gasteiger charge is 2.59. The maximum Gasteiger partial charge on any atom is 0.258 e. The molecule has 0 radical (unpaired) electrons. The summed E-state index contributed by atoms with van der Waals surface area (Å²) < 4.78 is 29.2. The molecule has 2 amide bonds. The second-order valence-corrected chi connectivity index (χ2v) is 8.49. The lowest BCUT2D eigenvalue weighted by molar-refractivity contribution is -0.128. The second-order valence-electron chi connectivity index (χ2n) is 8.49. The van der Waals surface area contributed by atoms with Gasteiger partial charge in [0.25, 0.3) is 11.8 Å². The highest BCUT2D eigenvalue weighted by molar-refractivity contribution is 5.96. The van der Waals surface area contributed by atoms with Crippen molar-refractivity contribution >= 4 is 11.8 Å². The molecule has 1 saturated heterocycles. The Hall–Kier alpha value is -2.25. The maximum absolute atomic E-state index is 15.1. The number of nitrogens with one attached hydrogen (secondary N) is 2. The summed E-state index contributed by atoms with van der Waals surface area (Å²) in [5.41, 5.74) is -2.00. The van der Waals surface area contributed by atoms with E-state index >= 15 is 4.39 Å². The molecule has 0 bridgehead atoms. The molecular formula is C20H25F2N3O3. The molecule has 0 aromatic carbocycles. The van der Waals surface area contributed by atoms with E-state index in [1.807, 2.05) is 0 Å². The van der Waals surface area contributed by atoms with Gasteiger partial charge in [0.15, 0.2) is 5.67 Å². The number of rotatable bonds is 4. The third kappa shape index (κ3) is 3.33. The third-order valence-corrected chi connectivity index (χ3v) is 6.33. The number of aromatic amines is 1. The van der Waals surface area contributed by atoms with Crippen LogP contribution in [0.25, 0.3) is 0 Å². The first kappa shape index (κ1) is 19.1. The first-order valence-corrected chi connectivity index (χ1v) is 9.92. The Balaban J connectivity index is 1.44. The van der Waals surface area contributed by atoms with E-state index in [0.29, 0.717) is 12.0 Å².